The number of carboxylic acids is 1. The summed E-state index contributed by atoms with van der Waals surface area (Å²) in [6.45, 7) is 3.55. The first-order chi connectivity index (χ1) is 13.8. The molecule has 152 valence electrons. The SMILES string of the molecule is CCC1=C(C(=O)O)CC(C(=O)OCCC#N)=C(CC)N1c1ccc([N+](=O)[O-])cc1. The summed E-state index contributed by atoms with van der Waals surface area (Å²) in [7, 11) is 0. The molecule has 0 aliphatic carbocycles. The molecule has 1 aromatic carbocycles. The van der Waals surface area contributed by atoms with Crippen LogP contribution in [0, 0.1) is 21.4 Å². The van der Waals surface area contributed by atoms with E-state index in [2.05, 4.69) is 0 Å². The highest BCUT2D eigenvalue weighted by atomic mass is 16.6. The summed E-state index contributed by atoms with van der Waals surface area (Å²) in [4.78, 5) is 36.6. The van der Waals surface area contributed by atoms with Crippen molar-refractivity contribution >= 4 is 23.3 Å². The molecule has 0 fully saturated rings. The van der Waals surface area contributed by atoms with Crippen LogP contribution in [0.5, 0.6) is 0 Å². The van der Waals surface area contributed by atoms with Crippen LogP contribution in [-0.4, -0.2) is 28.6 Å². The lowest BCUT2D eigenvalue weighted by Crippen LogP contribution is -2.32. The van der Waals surface area contributed by atoms with Crippen LogP contribution in [0.4, 0.5) is 11.4 Å². The number of carbonyl (C=O) groups excluding carboxylic acids is 1. The summed E-state index contributed by atoms with van der Waals surface area (Å²) < 4.78 is 5.13. The van der Waals surface area contributed by atoms with E-state index in [4.69, 9.17) is 10.00 Å². The second-order valence-electron chi connectivity index (χ2n) is 6.19. The number of hydrogen-bond acceptors (Lipinski definition) is 7. The van der Waals surface area contributed by atoms with Gasteiger partial charge in [0, 0.05) is 35.6 Å². The average molecular weight is 399 g/mol. The molecule has 0 amide bonds. The molecular formula is C20H21N3O6. The van der Waals surface area contributed by atoms with E-state index in [-0.39, 0.29) is 36.3 Å². The molecule has 0 aromatic heterocycles. The number of hydrogen-bond donors (Lipinski definition) is 1. The highest BCUT2D eigenvalue weighted by Gasteiger charge is 2.33. The van der Waals surface area contributed by atoms with Gasteiger partial charge in [-0.15, -0.1) is 0 Å². The van der Waals surface area contributed by atoms with Gasteiger partial charge in [0.05, 0.1) is 28.6 Å². The number of allylic oxidation sites excluding steroid dienone is 2. The quantitative estimate of drug-likeness (QED) is 0.303. The number of carbonyl (C=O) groups is 2. The molecule has 1 aliphatic heterocycles. The summed E-state index contributed by atoms with van der Waals surface area (Å²) in [5.74, 6) is -1.82. The number of aliphatic carboxylic acids is 1. The summed E-state index contributed by atoms with van der Waals surface area (Å²) in [6, 6.07) is 7.58. The molecule has 0 bridgehead atoms. The molecular weight excluding hydrogens is 378 g/mol. The van der Waals surface area contributed by atoms with E-state index in [0.29, 0.717) is 29.9 Å². The van der Waals surface area contributed by atoms with E-state index >= 15 is 0 Å². The summed E-state index contributed by atoms with van der Waals surface area (Å²) in [5.41, 5.74) is 1.78. The van der Waals surface area contributed by atoms with Crippen molar-refractivity contribution in [1.29, 1.82) is 5.26 Å². The van der Waals surface area contributed by atoms with Crippen molar-refractivity contribution in [3.8, 4) is 6.07 Å². The predicted octanol–water partition coefficient (Wildman–Crippen LogP) is 3.67. The van der Waals surface area contributed by atoms with Crippen molar-refractivity contribution < 1.29 is 24.4 Å². The topological polar surface area (TPSA) is 134 Å². The fourth-order valence-corrected chi connectivity index (χ4v) is 3.26. The second-order valence-corrected chi connectivity index (χ2v) is 6.19. The van der Waals surface area contributed by atoms with Crippen LogP contribution < -0.4 is 4.90 Å². The molecule has 0 radical (unpaired) electrons. The van der Waals surface area contributed by atoms with Gasteiger partial charge in [-0.1, -0.05) is 13.8 Å². The Morgan fingerprint density at radius 1 is 1.21 bits per heavy atom. The lowest BCUT2D eigenvalue weighted by molar-refractivity contribution is -0.384. The molecule has 1 aromatic rings. The Labute approximate surface area is 167 Å². The van der Waals surface area contributed by atoms with Gasteiger partial charge in [0.25, 0.3) is 5.69 Å². The number of rotatable bonds is 8. The zero-order chi connectivity index (χ0) is 21.6. The molecule has 1 N–H and O–H groups in total. The Morgan fingerprint density at radius 3 is 2.28 bits per heavy atom. The molecule has 2 rings (SSSR count). The van der Waals surface area contributed by atoms with Crippen molar-refractivity contribution in [1.82, 2.24) is 0 Å². The van der Waals surface area contributed by atoms with Crippen LogP contribution in [0.25, 0.3) is 0 Å². The van der Waals surface area contributed by atoms with Crippen LogP contribution in [0.15, 0.2) is 46.8 Å². The van der Waals surface area contributed by atoms with E-state index in [0.717, 1.165) is 0 Å². The van der Waals surface area contributed by atoms with Gasteiger partial charge in [-0.25, -0.2) is 9.59 Å². The number of anilines is 1. The van der Waals surface area contributed by atoms with Gasteiger partial charge < -0.3 is 14.7 Å². The number of nitrogens with zero attached hydrogens (tertiary/aromatic N) is 3. The van der Waals surface area contributed by atoms with E-state index < -0.39 is 16.9 Å². The number of carboxylic acid groups (broad SMARTS) is 1. The number of nitro benzene ring substituents is 1. The monoisotopic (exact) mass is 399 g/mol. The van der Waals surface area contributed by atoms with Crippen molar-refractivity contribution in [3.05, 3.63) is 56.9 Å². The summed E-state index contributed by atoms with van der Waals surface area (Å²) in [6.07, 6.45) is 0.750. The van der Waals surface area contributed by atoms with Crippen molar-refractivity contribution in [2.24, 2.45) is 0 Å². The highest BCUT2D eigenvalue weighted by molar-refractivity contribution is 5.98. The van der Waals surface area contributed by atoms with Gasteiger partial charge in [0.15, 0.2) is 0 Å². The van der Waals surface area contributed by atoms with E-state index in [9.17, 15) is 24.8 Å². The zero-order valence-corrected chi connectivity index (χ0v) is 16.2. The molecule has 0 saturated heterocycles. The number of esters is 1. The lowest BCUT2D eigenvalue weighted by Gasteiger charge is -2.35. The van der Waals surface area contributed by atoms with Gasteiger partial charge >= 0.3 is 11.9 Å². The third-order valence-corrected chi connectivity index (χ3v) is 4.53. The summed E-state index contributed by atoms with van der Waals surface area (Å²) >= 11 is 0. The van der Waals surface area contributed by atoms with Crippen molar-refractivity contribution in [2.75, 3.05) is 11.5 Å². The van der Waals surface area contributed by atoms with Crippen LogP contribution in [0.1, 0.15) is 39.5 Å². The Hall–Kier alpha value is -3.67. The number of non-ortho nitro benzene ring substituents is 1. The first kappa shape index (κ1) is 21.6. The lowest BCUT2D eigenvalue weighted by atomic mass is 9.92. The smallest absolute Gasteiger partial charge is 0.336 e. The Bertz CT molecular complexity index is 925. The predicted molar refractivity (Wildman–Crippen MR) is 104 cm³/mol. The molecule has 0 atom stereocenters. The normalized spacial score (nSPS) is 13.9. The van der Waals surface area contributed by atoms with Gasteiger partial charge in [-0.2, -0.15) is 5.26 Å². The Kier molecular flexibility index (Phi) is 7.09. The van der Waals surface area contributed by atoms with Crippen molar-refractivity contribution in [2.45, 2.75) is 39.5 Å². The zero-order valence-electron chi connectivity index (χ0n) is 16.2. The number of ether oxygens (including phenoxy) is 1. The maximum absolute atomic E-state index is 12.6. The van der Waals surface area contributed by atoms with Crippen LogP contribution in [0.2, 0.25) is 0 Å². The standard InChI is InChI=1S/C20H21N3O6/c1-3-17-15(19(24)25)12-16(20(26)29-11-5-10-21)18(4-2)22(17)13-6-8-14(9-7-13)23(27)28/h6-9H,3-5,11-12H2,1-2H3,(H,24,25). The largest absolute Gasteiger partial charge is 0.478 e. The molecule has 0 spiro atoms. The molecule has 29 heavy (non-hydrogen) atoms. The third-order valence-electron chi connectivity index (χ3n) is 4.53. The first-order valence-corrected chi connectivity index (χ1v) is 9.11. The van der Waals surface area contributed by atoms with Gasteiger partial charge in [0.1, 0.15) is 6.61 Å². The maximum atomic E-state index is 12.6. The molecule has 9 heteroatoms. The first-order valence-electron chi connectivity index (χ1n) is 9.11. The second kappa shape index (κ2) is 9.50. The third kappa shape index (κ3) is 4.60. The molecule has 0 unspecified atom stereocenters. The molecule has 1 aliphatic rings. The minimum absolute atomic E-state index is 0.0361. The van der Waals surface area contributed by atoms with Crippen LogP contribution >= 0.6 is 0 Å². The van der Waals surface area contributed by atoms with Gasteiger partial charge in [-0.3, -0.25) is 10.1 Å². The van der Waals surface area contributed by atoms with E-state index in [1.807, 2.05) is 13.0 Å². The fourth-order valence-electron chi connectivity index (χ4n) is 3.26. The minimum Gasteiger partial charge on any atom is -0.478 e. The molecule has 9 nitrogen and oxygen atoms in total. The van der Waals surface area contributed by atoms with Crippen molar-refractivity contribution in [3.63, 3.8) is 0 Å². The minimum atomic E-state index is -1.15. The summed E-state index contributed by atoms with van der Waals surface area (Å²) in [5, 5.41) is 29.3. The fraction of sp³-hybridized carbons (Fsp3) is 0.350. The molecule has 1 heterocycles. The number of benzene rings is 1. The Morgan fingerprint density at radius 2 is 1.79 bits per heavy atom. The average Bonchev–Trinajstić information content (AvgIpc) is 2.72. The van der Waals surface area contributed by atoms with Crippen LogP contribution in [-0.2, 0) is 14.3 Å². The number of nitriles is 1. The Balaban J connectivity index is 2.59. The van der Waals surface area contributed by atoms with E-state index in [1.54, 1.807) is 11.8 Å². The maximum Gasteiger partial charge on any atom is 0.336 e. The van der Waals surface area contributed by atoms with E-state index in [1.165, 1.54) is 24.3 Å². The van der Waals surface area contributed by atoms with Gasteiger partial charge in [-0.05, 0) is 25.0 Å². The highest BCUT2D eigenvalue weighted by Crippen LogP contribution is 2.38. The number of nitro groups is 1. The van der Waals surface area contributed by atoms with Crippen LogP contribution in [0.3, 0.4) is 0 Å². The van der Waals surface area contributed by atoms with Gasteiger partial charge in [0.2, 0.25) is 0 Å². The molecule has 0 saturated carbocycles.